The van der Waals surface area contributed by atoms with Gasteiger partial charge in [-0.15, -0.1) is 0 Å². The van der Waals surface area contributed by atoms with Gasteiger partial charge in [-0.3, -0.25) is 4.79 Å². The Balaban J connectivity index is 1.67. The van der Waals surface area contributed by atoms with Gasteiger partial charge in [-0.05, 0) is 61.6 Å². The molecule has 1 N–H and O–H groups in total. The molecule has 1 saturated heterocycles. The minimum absolute atomic E-state index is 0.111. The quantitative estimate of drug-likeness (QED) is 0.812. The number of anilines is 1. The van der Waals surface area contributed by atoms with Gasteiger partial charge in [0.1, 0.15) is 0 Å². The first kappa shape index (κ1) is 19.0. The summed E-state index contributed by atoms with van der Waals surface area (Å²) < 4.78 is 4.72. The molecule has 1 aliphatic rings. The van der Waals surface area contributed by atoms with Crippen molar-refractivity contribution in [2.75, 3.05) is 25.5 Å². The number of hydrogen-bond acceptors (Lipinski definition) is 4. The van der Waals surface area contributed by atoms with Crippen molar-refractivity contribution in [3.63, 3.8) is 0 Å². The predicted molar refractivity (Wildman–Crippen MR) is 106 cm³/mol. The SMILES string of the molecule is COC(=O)c1ccc(CNc2cc(C(=O)N3CCCCC3)ccc2C)cc1. The lowest BCUT2D eigenvalue weighted by Gasteiger charge is -2.27. The summed E-state index contributed by atoms with van der Waals surface area (Å²) in [6, 6.07) is 13.1. The summed E-state index contributed by atoms with van der Waals surface area (Å²) in [5, 5.41) is 3.40. The van der Waals surface area contributed by atoms with Crippen LogP contribution in [-0.4, -0.2) is 37.0 Å². The number of likely N-dealkylation sites (tertiary alicyclic amines) is 1. The van der Waals surface area contributed by atoms with Gasteiger partial charge in [0.15, 0.2) is 0 Å². The molecule has 2 aromatic carbocycles. The molecule has 5 heteroatoms. The minimum atomic E-state index is -0.339. The summed E-state index contributed by atoms with van der Waals surface area (Å²) in [4.78, 5) is 26.2. The van der Waals surface area contributed by atoms with E-state index in [0.717, 1.165) is 48.3 Å². The summed E-state index contributed by atoms with van der Waals surface area (Å²) in [5.74, 6) is -0.227. The Morgan fingerprint density at radius 1 is 1.00 bits per heavy atom. The largest absolute Gasteiger partial charge is 0.465 e. The van der Waals surface area contributed by atoms with Gasteiger partial charge in [-0.2, -0.15) is 0 Å². The molecule has 142 valence electrons. The van der Waals surface area contributed by atoms with Gasteiger partial charge in [0, 0.05) is 30.9 Å². The fraction of sp³-hybridized carbons (Fsp3) is 0.364. The summed E-state index contributed by atoms with van der Waals surface area (Å²) in [6.45, 7) is 4.34. The molecule has 0 saturated carbocycles. The first-order valence-corrected chi connectivity index (χ1v) is 9.39. The number of amides is 1. The van der Waals surface area contributed by atoms with Crippen molar-refractivity contribution in [1.29, 1.82) is 0 Å². The van der Waals surface area contributed by atoms with Crippen LogP contribution in [0.15, 0.2) is 42.5 Å². The Bertz CT molecular complexity index is 809. The van der Waals surface area contributed by atoms with Gasteiger partial charge in [0.25, 0.3) is 5.91 Å². The van der Waals surface area contributed by atoms with Crippen LogP contribution in [-0.2, 0) is 11.3 Å². The second kappa shape index (κ2) is 8.71. The van der Waals surface area contributed by atoms with E-state index in [4.69, 9.17) is 4.74 Å². The number of carbonyl (C=O) groups excluding carboxylic acids is 2. The van der Waals surface area contributed by atoms with E-state index in [1.165, 1.54) is 13.5 Å². The smallest absolute Gasteiger partial charge is 0.337 e. The van der Waals surface area contributed by atoms with Crippen molar-refractivity contribution in [3.05, 3.63) is 64.7 Å². The molecule has 1 amide bonds. The molecule has 0 atom stereocenters. The molecule has 0 aliphatic carbocycles. The molecule has 27 heavy (non-hydrogen) atoms. The number of esters is 1. The maximum absolute atomic E-state index is 12.7. The highest BCUT2D eigenvalue weighted by atomic mass is 16.5. The van der Waals surface area contributed by atoms with Crippen LogP contribution in [0, 0.1) is 6.92 Å². The van der Waals surface area contributed by atoms with E-state index in [9.17, 15) is 9.59 Å². The number of aryl methyl sites for hydroxylation is 1. The predicted octanol–water partition coefficient (Wildman–Crippen LogP) is 4.02. The monoisotopic (exact) mass is 366 g/mol. The Kier molecular flexibility index (Phi) is 6.12. The number of benzene rings is 2. The van der Waals surface area contributed by atoms with E-state index < -0.39 is 0 Å². The highest BCUT2D eigenvalue weighted by Gasteiger charge is 2.18. The second-order valence-electron chi connectivity index (χ2n) is 6.92. The number of piperidine rings is 1. The first-order valence-electron chi connectivity index (χ1n) is 9.39. The van der Waals surface area contributed by atoms with Gasteiger partial charge in [0.05, 0.1) is 12.7 Å². The summed E-state index contributed by atoms with van der Waals surface area (Å²) in [7, 11) is 1.37. The van der Waals surface area contributed by atoms with E-state index in [-0.39, 0.29) is 11.9 Å². The molecule has 0 bridgehead atoms. The minimum Gasteiger partial charge on any atom is -0.465 e. The third-order valence-electron chi connectivity index (χ3n) is 4.99. The van der Waals surface area contributed by atoms with Gasteiger partial charge < -0.3 is 15.0 Å². The van der Waals surface area contributed by atoms with Crippen LogP contribution >= 0.6 is 0 Å². The molecule has 1 heterocycles. The first-order chi connectivity index (χ1) is 13.1. The van der Waals surface area contributed by atoms with Crippen LogP contribution in [0.25, 0.3) is 0 Å². The Morgan fingerprint density at radius 3 is 2.33 bits per heavy atom. The number of carbonyl (C=O) groups is 2. The van der Waals surface area contributed by atoms with Gasteiger partial charge >= 0.3 is 5.97 Å². The third-order valence-corrected chi connectivity index (χ3v) is 4.99. The highest BCUT2D eigenvalue weighted by Crippen LogP contribution is 2.21. The average molecular weight is 366 g/mol. The Labute approximate surface area is 160 Å². The van der Waals surface area contributed by atoms with Crippen molar-refractivity contribution >= 4 is 17.6 Å². The number of nitrogens with one attached hydrogen (secondary N) is 1. The second-order valence-corrected chi connectivity index (χ2v) is 6.92. The standard InChI is InChI=1S/C22H26N2O3/c1-16-6-9-19(21(25)24-12-4-3-5-13-24)14-20(16)23-15-17-7-10-18(11-8-17)22(26)27-2/h6-11,14,23H,3-5,12-13,15H2,1-2H3. The van der Waals surface area contributed by atoms with Crippen LogP contribution in [0.1, 0.15) is 51.1 Å². The molecule has 0 aromatic heterocycles. The maximum Gasteiger partial charge on any atom is 0.337 e. The summed E-state index contributed by atoms with van der Waals surface area (Å²) >= 11 is 0. The number of hydrogen-bond donors (Lipinski definition) is 1. The number of ether oxygens (including phenoxy) is 1. The van der Waals surface area contributed by atoms with Crippen LogP contribution in [0.2, 0.25) is 0 Å². The lowest BCUT2D eigenvalue weighted by Crippen LogP contribution is -2.35. The van der Waals surface area contributed by atoms with Crippen molar-refractivity contribution in [3.8, 4) is 0 Å². The molecule has 0 spiro atoms. The number of methoxy groups -OCH3 is 1. The maximum atomic E-state index is 12.7. The zero-order valence-corrected chi connectivity index (χ0v) is 16.0. The molecule has 5 nitrogen and oxygen atoms in total. The van der Waals surface area contributed by atoms with Gasteiger partial charge in [-0.25, -0.2) is 4.79 Å². The number of nitrogens with zero attached hydrogens (tertiary/aromatic N) is 1. The van der Waals surface area contributed by atoms with E-state index >= 15 is 0 Å². The molecule has 1 aliphatic heterocycles. The molecular formula is C22H26N2O3. The molecule has 2 aromatic rings. The molecular weight excluding hydrogens is 340 g/mol. The molecule has 0 unspecified atom stereocenters. The normalized spacial score (nSPS) is 13.9. The molecule has 3 rings (SSSR count). The fourth-order valence-corrected chi connectivity index (χ4v) is 3.30. The van der Waals surface area contributed by atoms with Crippen molar-refractivity contribution in [1.82, 2.24) is 4.90 Å². The third kappa shape index (κ3) is 4.67. The Hall–Kier alpha value is -2.82. The average Bonchev–Trinajstić information content (AvgIpc) is 2.73. The van der Waals surface area contributed by atoms with Gasteiger partial charge in [-0.1, -0.05) is 18.2 Å². The number of rotatable bonds is 5. The highest BCUT2D eigenvalue weighted by molar-refractivity contribution is 5.95. The van der Waals surface area contributed by atoms with Crippen LogP contribution < -0.4 is 5.32 Å². The summed E-state index contributed by atoms with van der Waals surface area (Å²) in [6.07, 6.45) is 3.38. The van der Waals surface area contributed by atoms with E-state index in [2.05, 4.69) is 5.32 Å². The van der Waals surface area contributed by atoms with Crippen LogP contribution in [0.5, 0.6) is 0 Å². The lowest BCUT2D eigenvalue weighted by molar-refractivity contribution is 0.0600. The zero-order chi connectivity index (χ0) is 19.2. The van der Waals surface area contributed by atoms with Crippen LogP contribution in [0.3, 0.4) is 0 Å². The molecule has 0 radical (unpaired) electrons. The van der Waals surface area contributed by atoms with E-state index in [0.29, 0.717) is 12.1 Å². The van der Waals surface area contributed by atoms with Crippen molar-refractivity contribution in [2.45, 2.75) is 32.7 Å². The van der Waals surface area contributed by atoms with Crippen molar-refractivity contribution in [2.24, 2.45) is 0 Å². The van der Waals surface area contributed by atoms with E-state index in [1.54, 1.807) is 12.1 Å². The zero-order valence-electron chi connectivity index (χ0n) is 16.0. The van der Waals surface area contributed by atoms with E-state index in [1.807, 2.05) is 42.2 Å². The topological polar surface area (TPSA) is 58.6 Å². The Morgan fingerprint density at radius 2 is 1.67 bits per heavy atom. The van der Waals surface area contributed by atoms with Crippen LogP contribution in [0.4, 0.5) is 5.69 Å². The summed E-state index contributed by atoms with van der Waals surface area (Å²) in [5.41, 5.74) is 4.36. The van der Waals surface area contributed by atoms with Crippen molar-refractivity contribution < 1.29 is 14.3 Å². The van der Waals surface area contributed by atoms with Gasteiger partial charge in [0.2, 0.25) is 0 Å². The fourth-order valence-electron chi connectivity index (χ4n) is 3.30. The lowest BCUT2D eigenvalue weighted by atomic mass is 10.1. The molecule has 1 fully saturated rings.